The van der Waals surface area contributed by atoms with Crippen LogP contribution in [0.3, 0.4) is 0 Å². The molecule has 1 heterocycles. The molecule has 0 amide bonds. The van der Waals surface area contributed by atoms with Crippen LogP contribution in [0, 0.1) is 5.41 Å². The van der Waals surface area contributed by atoms with Gasteiger partial charge in [0, 0.05) is 17.6 Å². The van der Waals surface area contributed by atoms with Gasteiger partial charge in [0.15, 0.2) is 0 Å². The molecule has 1 unspecified atom stereocenters. The van der Waals surface area contributed by atoms with Crippen molar-refractivity contribution in [2.75, 3.05) is 19.6 Å². The lowest BCUT2D eigenvalue weighted by molar-refractivity contribution is 0.142. The second-order valence-corrected chi connectivity index (χ2v) is 6.91. The molecule has 20 heavy (non-hydrogen) atoms. The molecular weight excluding hydrogens is 314 g/mol. The summed E-state index contributed by atoms with van der Waals surface area (Å²) in [5, 5.41) is 10.3. The fourth-order valence-electron chi connectivity index (χ4n) is 3.25. The van der Waals surface area contributed by atoms with Gasteiger partial charge in [-0.05, 0) is 49.3 Å². The first kappa shape index (κ1) is 16.0. The van der Waals surface area contributed by atoms with Crippen molar-refractivity contribution < 1.29 is 5.11 Å². The summed E-state index contributed by atoms with van der Waals surface area (Å²) in [6, 6.07) is 7.96. The van der Waals surface area contributed by atoms with E-state index in [2.05, 4.69) is 34.7 Å². The Morgan fingerprint density at radius 2 is 2.00 bits per heavy atom. The van der Waals surface area contributed by atoms with Gasteiger partial charge in [0.2, 0.25) is 0 Å². The highest BCUT2D eigenvalue weighted by Gasteiger charge is 2.34. The number of hydrogen-bond acceptors (Lipinski definition) is 2. The number of rotatable bonds is 6. The van der Waals surface area contributed by atoms with Gasteiger partial charge in [0.05, 0.1) is 6.10 Å². The SMILES string of the molecule is CCC1(CC)CCN(CCC(O)c2ccccc2Br)C1. The highest BCUT2D eigenvalue weighted by molar-refractivity contribution is 9.10. The molecule has 1 N–H and O–H groups in total. The van der Waals surface area contributed by atoms with Crippen molar-refractivity contribution in [1.29, 1.82) is 0 Å². The summed E-state index contributed by atoms with van der Waals surface area (Å²) in [5.74, 6) is 0. The van der Waals surface area contributed by atoms with E-state index in [1.54, 1.807) is 0 Å². The van der Waals surface area contributed by atoms with Gasteiger partial charge in [-0.25, -0.2) is 0 Å². The van der Waals surface area contributed by atoms with E-state index in [1.165, 1.54) is 32.4 Å². The normalized spacial score (nSPS) is 20.2. The summed E-state index contributed by atoms with van der Waals surface area (Å²) in [6.07, 6.45) is 4.29. The van der Waals surface area contributed by atoms with Crippen molar-refractivity contribution in [2.45, 2.75) is 45.6 Å². The Labute approximate surface area is 131 Å². The summed E-state index contributed by atoms with van der Waals surface area (Å²) >= 11 is 3.52. The quantitative estimate of drug-likeness (QED) is 0.830. The first-order chi connectivity index (χ1) is 9.60. The average Bonchev–Trinajstić information content (AvgIpc) is 2.89. The Kier molecular flexibility index (Phi) is 5.65. The van der Waals surface area contributed by atoms with E-state index < -0.39 is 0 Å². The van der Waals surface area contributed by atoms with Crippen LogP contribution >= 0.6 is 15.9 Å². The zero-order chi connectivity index (χ0) is 14.6. The van der Waals surface area contributed by atoms with Gasteiger partial charge < -0.3 is 10.0 Å². The van der Waals surface area contributed by atoms with Crippen molar-refractivity contribution in [3.05, 3.63) is 34.3 Å². The van der Waals surface area contributed by atoms with Crippen molar-refractivity contribution >= 4 is 15.9 Å². The van der Waals surface area contributed by atoms with Crippen LogP contribution in [0.25, 0.3) is 0 Å². The van der Waals surface area contributed by atoms with Crippen LogP contribution in [0.4, 0.5) is 0 Å². The maximum absolute atomic E-state index is 10.3. The molecular formula is C17H26BrNO. The minimum Gasteiger partial charge on any atom is -0.388 e. The number of aliphatic hydroxyl groups is 1. The zero-order valence-electron chi connectivity index (χ0n) is 12.6. The second kappa shape index (κ2) is 7.06. The molecule has 1 aliphatic heterocycles. The molecule has 0 radical (unpaired) electrons. The Bertz CT molecular complexity index is 431. The van der Waals surface area contributed by atoms with Crippen LogP contribution in [0.15, 0.2) is 28.7 Å². The van der Waals surface area contributed by atoms with Gasteiger partial charge in [-0.15, -0.1) is 0 Å². The third kappa shape index (κ3) is 3.63. The van der Waals surface area contributed by atoms with Gasteiger partial charge in [-0.3, -0.25) is 0 Å². The molecule has 0 spiro atoms. The van der Waals surface area contributed by atoms with Crippen molar-refractivity contribution in [3.63, 3.8) is 0 Å². The molecule has 3 heteroatoms. The van der Waals surface area contributed by atoms with E-state index >= 15 is 0 Å². The Hall–Kier alpha value is -0.380. The molecule has 1 atom stereocenters. The van der Waals surface area contributed by atoms with Gasteiger partial charge in [0.25, 0.3) is 0 Å². The maximum atomic E-state index is 10.3. The highest BCUT2D eigenvalue weighted by atomic mass is 79.9. The van der Waals surface area contributed by atoms with Crippen LogP contribution in [0.1, 0.15) is 51.2 Å². The minimum atomic E-state index is -0.371. The van der Waals surface area contributed by atoms with Crippen molar-refractivity contribution in [2.24, 2.45) is 5.41 Å². The smallest absolute Gasteiger partial charge is 0.0813 e. The van der Waals surface area contributed by atoms with E-state index in [0.29, 0.717) is 5.41 Å². The molecule has 0 bridgehead atoms. The van der Waals surface area contributed by atoms with Gasteiger partial charge >= 0.3 is 0 Å². The number of aliphatic hydroxyl groups excluding tert-OH is 1. The topological polar surface area (TPSA) is 23.5 Å². The predicted molar refractivity (Wildman–Crippen MR) is 87.8 cm³/mol. The van der Waals surface area contributed by atoms with Gasteiger partial charge in [-0.2, -0.15) is 0 Å². The first-order valence-electron chi connectivity index (χ1n) is 7.75. The highest BCUT2D eigenvalue weighted by Crippen LogP contribution is 2.37. The monoisotopic (exact) mass is 339 g/mol. The average molecular weight is 340 g/mol. The van der Waals surface area contributed by atoms with Crippen LogP contribution in [0.2, 0.25) is 0 Å². The van der Waals surface area contributed by atoms with E-state index in [1.807, 2.05) is 24.3 Å². The number of benzene rings is 1. The fourth-order valence-corrected chi connectivity index (χ4v) is 3.80. The number of likely N-dealkylation sites (tertiary alicyclic amines) is 1. The second-order valence-electron chi connectivity index (χ2n) is 6.06. The van der Waals surface area contributed by atoms with Crippen LogP contribution < -0.4 is 0 Å². The first-order valence-corrected chi connectivity index (χ1v) is 8.54. The summed E-state index contributed by atoms with van der Waals surface area (Å²) in [6.45, 7) is 7.99. The molecule has 0 aromatic heterocycles. The fraction of sp³-hybridized carbons (Fsp3) is 0.647. The molecule has 2 rings (SSSR count). The molecule has 112 valence electrons. The largest absolute Gasteiger partial charge is 0.388 e. The van der Waals surface area contributed by atoms with E-state index in [-0.39, 0.29) is 6.10 Å². The van der Waals surface area contributed by atoms with Crippen molar-refractivity contribution in [3.8, 4) is 0 Å². The number of halogens is 1. The van der Waals surface area contributed by atoms with Crippen molar-refractivity contribution in [1.82, 2.24) is 4.90 Å². The summed E-state index contributed by atoms with van der Waals surface area (Å²) in [5.41, 5.74) is 1.53. The summed E-state index contributed by atoms with van der Waals surface area (Å²) in [7, 11) is 0. The maximum Gasteiger partial charge on any atom is 0.0813 e. The number of nitrogens with zero attached hydrogens (tertiary/aromatic N) is 1. The Morgan fingerprint density at radius 3 is 2.60 bits per heavy atom. The molecule has 1 fully saturated rings. The standard InChI is InChI=1S/C17H26BrNO/c1-3-17(4-2)10-12-19(13-17)11-9-16(20)14-7-5-6-8-15(14)18/h5-8,16,20H,3-4,9-13H2,1-2H3. The molecule has 1 aromatic rings. The molecule has 0 aliphatic carbocycles. The van der Waals surface area contributed by atoms with Crippen LogP contribution in [-0.4, -0.2) is 29.6 Å². The van der Waals surface area contributed by atoms with E-state index in [9.17, 15) is 5.11 Å². The van der Waals surface area contributed by atoms with Crippen LogP contribution in [0.5, 0.6) is 0 Å². The van der Waals surface area contributed by atoms with Gasteiger partial charge in [0.1, 0.15) is 0 Å². The van der Waals surface area contributed by atoms with Gasteiger partial charge in [-0.1, -0.05) is 48.0 Å². The minimum absolute atomic E-state index is 0.371. The third-order valence-corrected chi connectivity index (χ3v) is 5.72. The Morgan fingerprint density at radius 1 is 1.30 bits per heavy atom. The molecule has 0 saturated carbocycles. The zero-order valence-corrected chi connectivity index (χ0v) is 14.2. The third-order valence-electron chi connectivity index (χ3n) is 5.00. The Balaban J connectivity index is 1.86. The predicted octanol–water partition coefficient (Wildman–Crippen LogP) is 4.38. The number of hydrogen-bond donors (Lipinski definition) is 1. The molecule has 1 aromatic carbocycles. The lowest BCUT2D eigenvalue weighted by Gasteiger charge is -2.27. The molecule has 2 nitrogen and oxygen atoms in total. The van der Waals surface area contributed by atoms with E-state index in [4.69, 9.17) is 0 Å². The molecule has 1 aliphatic rings. The van der Waals surface area contributed by atoms with Crippen LogP contribution in [-0.2, 0) is 0 Å². The lowest BCUT2D eigenvalue weighted by atomic mass is 9.82. The summed E-state index contributed by atoms with van der Waals surface area (Å²) < 4.78 is 1.00. The summed E-state index contributed by atoms with van der Waals surface area (Å²) in [4.78, 5) is 2.52. The van der Waals surface area contributed by atoms with E-state index in [0.717, 1.165) is 23.0 Å². The lowest BCUT2D eigenvalue weighted by Crippen LogP contribution is -2.28. The molecule has 1 saturated heterocycles.